The molecule has 2 atom stereocenters. The minimum absolute atomic E-state index is 0.0848. The Bertz CT molecular complexity index is 81.6. The average molecular weight is 160 g/mol. The van der Waals surface area contributed by atoms with Gasteiger partial charge in [0.2, 0.25) is 0 Å². The number of rotatable bonds is 6. The molecule has 2 N–H and O–H groups in total. The number of unbranched alkanes of at least 4 members (excludes halogenated alkanes) is 2. The zero-order chi connectivity index (χ0) is 8.69. The molecule has 0 saturated heterocycles. The molecule has 0 amide bonds. The maximum atomic E-state index is 9.15. The second-order valence-corrected chi connectivity index (χ2v) is 3.18. The van der Waals surface area contributed by atoms with Gasteiger partial charge < -0.3 is 10.2 Å². The fourth-order valence-electron chi connectivity index (χ4n) is 1.14. The summed E-state index contributed by atoms with van der Waals surface area (Å²) in [6.07, 6.45) is 4.09. The molecule has 11 heavy (non-hydrogen) atoms. The molecule has 0 heterocycles. The van der Waals surface area contributed by atoms with E-state index in [1.165, 1.54) is 12.8 Å². The van der Waals surface area contributed by atoms with Crippen molar-refractivity contribution < 1.29 is 10.2 Å². The highest BCUT2D eigenvalue weighted by Crippen LogP contribution is 2.12. The quantitative estimate of drug-likeness (QED) is 0.579. The van der Waals surface area contributed by atoms with Gasteiger partial charge in [-0.2, -0.15) is 0 Å². The third-order valence-corrected chi connectivity index (χ3v) is 2.10. The van der Waals surface area contributed by atoms with Crippen molar-refractivity contribution in [1.29, 1.82) is 0 Å². The molecule has 0 aliphatic rings. The summed E-state index contributed by atoms with van der Waals surface area (Å²) in [4.78, 5) is 0. The molecule has 0 aromatic carbocycles. The first-order chi connectivity index (χ1) is 5.22. The summed E-state index contributed by atoms with van der Waals surface area (Å²) in [5.41, 5.74) is 0. The summed E-state index contributed by atoms with van der Waals surface area (Å²) in [6, 6.07) is 0. The van der Waals surface area contributed by atoms with Gasteiger partial charge in [0, 0.05) is 12.5 Å². The van der Waals surface area contributed by atoms with E-state index >= 15 is 0 Å². The van der Waals surface area contributed by atoms with Gasteiger partial charge in [-0.05, 0) is 13.3 Å². The third kappa shape index (κ3) is 5.22. The number of aliphatic hydroxyl groups is 2. The van der Waals surface area contributed by atoms with E-state index < -0.39 is 0 Å². The Morgan fingerprint density at radius 1 is 1.27 bits per heavy atom. The van der Waals surface area contributed by atoms with E-state index in [-0.39, 0.29) is 18.6 Å². The van der Waals surface area contributed by atoms with Crippen LogP contribution in [0.15, 0.2) is 0 Å². The third-order valence-electron chi connectivity index (χ3n) is 2.10. The van der Waals surface area contributed by atoms with Gasteiger partial charge in [-0.15, -0.1) is 0 Å². The van der Waals surface area contributed by atoms with Crippen LogP contribution in [0, 0.1) is 5.92 Å². The summed E-state index contributed by atoms with van der Waals surface area (Å²) < 4.78 is 0. The predicted molar refractivity (Wildman–Crippen MR) is 46.4 cm³/mol. The van der Waals surface area contributed by atoms with Crippen LogP contribution in [0.3, 0.4) is 0 Å². The molecule has 0 aliphatic carbocycles. The highest BCUT2D eigenvalue weighted by atomic mass is 16.3. The van der Waals surface area contributed by atoms with Gasteiger partial charge in [-0.3, -0.25) is 0 Å². The molecule has 2 nitrogen and oxygen atoms in total. The first-order valence-corrected chi connectivity index (χ1v) is 4.51. The van der Waals surface area contributed by atoms with Crippen molar-refractivity contribution in [3.05, 3.63) is 0 Å². The number of hydrogen-bond acceptors (Lipinski definition) is 2. The fraction of sp³-hybridized carbons (Fsp3) is 1.00. The van der Waals surface area contributed by atoms with Crippen LogP contribution in [-0.4, -0.2) is 22.9 Å². The van der Waals surface area contributed by atoms with Crippen LogP contribution >= 0.6 is 0 Å². The van der Waals surface area contributed by atoms with Crippen molar-refractivity contribution in [3.8, 4) is 0 Å². The molecule has 0 saturated carbocycles. The van der Waals surface area contributed by atoms with E-state index in [0.717, 1.165) is 12.8 Å². The largest absolute Gasteiger partial charge is 0.396 e. The monoisotopic (exact) mass is 160 g/mol. The molecule has 68 valence electrons. The van der Waals surface area contributed by atoms with Crippen molar-refractivity contribution in [2.24, 2.45) is 5.92 Å². The molecule has 0 aliphatic heterocycles. The summed E-state index contributed by atoms with van der Waals surface area (Å²) in [6.45, 7) is 4.00. The Kier molecular flexibility index (Phi) is 6.57. The minimum atomic E-state index is -0.364. The fourth-order valence-corrected chi connectivity index (χ4v) is 1.14. The van der Waals surface area contributed by atoms with Crippen molar-refractivity contribution in [2.45, 2.75) is 45.6 Å². The summed E-state index contributed by atoms with van der Waals surface area (Å²) in [5.74, 6) is 0.0848. The Labute approximate surface area is 69.2 Å². The van der Waals surface area contributed by atoms with E-state index in [1.54, 1.807) is 6.92 Å². The van der Waals surface area contributed by atoms with Crippen LogP contribution < -0.4 is 0 Å². The topological polar surface area (TPSA) is 40.5 Å². The summed E-state index contributed by atoms with van der Waals surface area (Å²) >= 11 is 0. The standard InChI is InChI=1S/C9H20O2/c1-3-4-5-6-9(7-10)8(2)11/h8-11H,3-7H2,1-2H3. The van der Waals surface area contributed by atoms with Crippen molar-refractivity contribution in [2.75, 3.05) is 6.61 Å². The number of aliphatic hydroxyl groups excluding tert-OH is 2. The van der Waals surface area contributed by atoms with Crippen LogP contribution in [0.5, 0.6) is 0 Å². The molecule has 0 spiro atoms. The molecule has 0 aromatic heterocycles. The Morgan fingerprint density at radius 3 is 2.27 bits per heavy atom. The Hall–Kier alpha value is -0.0800. The number of hydrogen-bond donors (Lipinski definition) is 2. The van der Waals surface area contributed by atoms with Crippen LogP contribution in [0.2, 0.25) is 0 Å². The van der Waals surface area contributed by atoms with Crippen LogP contribution in [-0.2, 0) is 0 Å². The van der Waals surface area contributed by atoms with Crippen LogP contribution in [0.1, 0.15) is 39.5 Å². The van der Waals surface area contributed by atoms with E-state index in [0.29, 0.717) is 0 Å². The van der Waals surface area contributed by atoms with Gasteiger partial charge in [-0.25, -0.2) is 0 Å². The van der Waals surface area contributed by atoms with Gasteiger partial charge in [0.1, 0.15) is 0 Å². The first kappa shape index (κ1) is 10.9. The normalized spacial score (nSPS) is 16.4. The molecule has 2 unspecified atom stereocenters. The Morgan fingerprint density at radius 2 is 1.91 bits per heavy atom. The minimum Gasteiger partial charge on any atom is -0.396 e. The summed E-state index contributed by atoms with van der Waals surface area (Å²) in [7, 11) is 0. The lowest BCUT2D eigenvalue weighted by Crippen LogP contribution is -2.20. The SMILES string of the molecule is CCCCCC(CO)C(C)O. The Balaban J connectivity index is 3.36. The zero-order valence-electron chi connectivity index (χ0n) is 7.58. The second kappa shape index (κ2) is 6.62. The van der Waals surface area contributed by atoms with Crippen LogP contribution in [0.4, 0.5) is 0 Å². The molecular weight excluding hydrogens is 140 g/mol. The van der Waals surface area contributed by atoms with Crippen LogP contribution in [0.25, 0.3) is 0 Å². The lowest BCUT2D eigenvalue weighted by Gasteiger charge is -2.16. The van der Waals surface area contributed by atoms with E-state index in [1.807, 2.05) is 0 Å². The lowest BCUT2D eigenvalue weighted by atomic mass is 9.97. The van der Waals surface area contributed by atoms with Gasteiger partial charge >= 0.3 is 0 Å². The van der Waals surface area contributed by atoms with Gasteiger partial charge in [0.25, 0.3) is 0 Å². The van der Waals surface area contributed by atoms with E-state index in [9.17, 15) is 0 Å². The zero-order valence-corrected chi connectivity index (χ0v) is 7.58. The molecule has 2 heteroatoms. The van der Waals surface area contributed by atoms with E-state index in [2.05, 4.69) is 6.92 Å². The predicted octanol–water partition coefficient (Wildman–Crippen LogP) is 1.56. The first-order valence-electron chi connectivity index (χ1n) is 4.51. The van der Waals surface area contributed by atoms with Crippen molar-refractivity contribution in [3.63, 3.8) is 0 Å². The average Bonchev–Trinajstić information content (AvgIpc) is 1.97. The van der Waals surface area contributed by atoms with Crippen molar-refractivity contribution >= 4 is 0 Å². The van der Waals surface area contributed by atoms with Gasteiger partial charge in [0.05, 0.1) is 6.10 Å². The molecular formula is C9H20O2. The highest BCUT2D eigenvalue weighted by Gasteiger charge is 2.12. The van der Waals surface area contributed by atoms with E-state index in [4.69, 9.17) is 10.2 Å². The highest BCUT2D eigenvalue weighted by molar-refractivity contribution is 4.63. The molecule has 0 fully saturated rings. The molecule has 0 bridgehead atoms. The molecule has 0 rings (SSSR count). The smallest absolute Gasteiger partial charge is 0.0562 e. The van der Waals surface area contributed by atoms with Crippen molar-refractivity contribution in [1.82, 2.24) is 0 Å². The lowest BCUT2D eigenvalue weighted by molar-refractivity contribution is 0.0742. The van der Waals surface area contributed by atoms with Gasteiger partial charge in [0.15, 0.2) is 0 Å². The molecule has 0 radical (unpaired) electrons. The summed E-state index contributed by atoms with van der Waals surface area (Å²) in [5, 5.41) is 18.0. The van der Waals surface area contributed by atoms with Gasteiger partial charge in [-0.1, -0.05) is 26.2 Å². The molecule has 0 aromatic rings. The maximum absolute atomic E-state index is 9.15. The maximum Gasteiger partial charge on any atom is 0.0562 e. The second-order valence-electron chi connectivity index (χ2n) is 3.18.